The fourth-order valence-corrected chi connectivity index (χ4v) is 2.61. The average Bonchev–Trinajstić information content (AvgIpc) is 2.38. The van der Waals surface area contributed by atoms with Crippen molar-refractivity contribution in [1.29, 1.82) is 0 Å². The van der Waals surface area contributed by atoms with Crippen LogP contribution in [0.1, 0.15) is 39.0 Å². The minimum absolute atomic E-state index is 0.0734. The van der Waals surface area contributed by atoms with Crippen molar-refractivity contribution in [1.82, 2.24) is 15.1 Å². The van der Waals surface area contributed by atoms with Crippen LogP contribution in [0.4, 0.5) is 0 Å². The van der Waals surface area contributed by atoms with Gasteiger partial charge >= 0.3 is 0 Å². The van der Waals surface area contributed by atoms with Gasteiger partial charge in [-0.3, -0.25) is 14.5 Å². The van der Waals surface area contributed by atoms with Crippen LogP contribution in [0, 0.1) is 0 Å². The number of hydrogen-bond donors (Lipinski definition) is 1. The number of amides is 2. The Hall–Kier alpha value is -1.10. The molecule has 0 aromatic heterocycles. The molecule has 19 heavy (non-hydrogen) atoms. The highest BCUT2D eigenvalue weighted by atomic mass is 16.2. The molecule has 2 amide bonds. The van der Waals surface area contributed by atoms with Crippen LogP contribution in [0.3, 0.4) is 0 Å². The zero-order valence-corrected chi connectivity index (χ0v) is 12.6. The number of carbonyl (C=O) groups excluding carboxylic acids is 2. The van der Waals surface area contributed by atoms with Crippen molar-refractivity contribution in [3.8, 4) is 0 Å². The van der Waals surface area contributed by atoms with Gasteiger partial charge in [-0.25, -0.2) is 0 Å². The predicted octanol–water partition coefficient (Wildman–Crippen LogP) is 0.844. The topological polar surface area (TPSA) is 52.7 Å². The highest BCUT2D eigenvalue weighted by molar-refractivity contribution is 5.87. The lowest BCUT2D eigenvalue weighted by Crippen LogP contribution is -2.48. The Bertz CT molecular complexity index is 312. The van der Waals surface area contributed by atoms with E-state index in [0.717, 1.165) is 0 Å². The van der Waals surface area contributed by atoms with Gasteiger partial charge in [-0.2, -0.15) is 0 Å². The molecule has 0 radical (unpaired) electrons. The first-order valence-electron chi connectivity index (χ1n) is 7.12. The maximum Gasteiger partial charge on any atom is 0.244 e. The molecule has 0 saturated heterocycles. The summed E-state index contributed by atoms with van der Waals surface area (Å²) < 4.78 is 0. The van der Waals surface area contributed by atoms with Gasteiger partial charge in [-0.15, -0.1) is 0 Å². The second kappa shape index (κ2) is 7.48. The SMILES string of the molecule is CC(NC(=O)CN(C)C1CCCCC1)C(=O)N(C)C. The highest BCUT2D eigenvalue weighted by Crippen LogP contribution is 2.21. The first-order valence-corrected chi connectivity index (χ1v) is 7.12. The number of nitrogens with zero attached hydrogens (tertiary/aromatic N) is 2. The Kier molecular flexibility index (Phi) is 6.28. The molecule has 1 rings (SSSR count). The van der Waals surface area contributed by atoms with Gasteiger partial charge in [0.1, 0.15) is 6.04 Å². The molecule has 0 aliphatic heterocycles. The molecule has 0 bridgehead atoms. The summed E-state index contributed by atoms with van der Waals surface area (Å²) in [6.45, 7) is 2.09. The van der Waals surface area contributed by atoms with Gasteiger partial charge < -0.3 is 10.2 Å². The molecule has 110 valence electrons. The Morgan fingerprint density at radius 2 is 1.74 bits per heavy atom. The molecule has 0 heterocycles. The van der Waals surface area contributed by atoms with Gasteiger partial charge in [-0.1, -0.05) is 19.3 Å². The van der Waals surface area contributed by atoms with Gasteiger partial charge in [-0.05, 0) is 26.8 Å². The fourth-order valence-electron chi connectivity index (χ4n) is 2.61. The predicted molar refractivity (Wildman–Crippen MR) is 75.8 cm³/mol. The second-order valence-electron chi connectivity index (χ2n) is 5.73. The average molecular weight is 269 g/mol. The first kappa shape index (κ1) is 16.0. The van der Waals surface area contributed by atoms with Gasteiger partial charge in [0.25, 0.3) is 0 Å². The van der Waals surface area contributed by atoms with Crippen LogP contribution in [-0.2, 0) is 9.59 Å². The van der Waals surface area contributed by atoms with E-state index in [1.165, 1.54) is 37.0 Å². The largest absolute Gasteiger partial charge is 0.347 e. The number of likely N-dealkylation sites (N-methyl/N-ethyl adjacent to an activating group) is 2. The Labute approximate surface area is 116 Å². The maximum absolute atomic E-state index is 11.9. The number of rotatable bonds is 5. The third-order valence-corrected chi connectivity index (χ3v) is 3.78. The Morgan fingerprint density at radius 3 is 2.26 bits per heavy atom. The fraction of sp³-hybridized carbons (Fsp3) is 0.857. The molecule has 1 aliphatic carbocycles. The molecule has 0 aromatic carbocycles. The molecular formula is C14H27N3O2. The Morgan fingerprint density at radius 1 is 1.16 bits per heavy atom. The molecule has 0 aromatic rings. The molecular weight excluding hydrogens is 242 g/mol. The third-order valence-electron chi connectivity index (χ3n) is 3.78. The molecule has 1 N–H and O–H groups in total. The van der Waals surface area contributed by atoms with Crippen molar-refractivity contribution < 1.29 is 9.59 Å². The van der Waals surface area contributed by atoms with Crippen LogP contribution in [0.5, 0.6) is 0 Å². The quantitative estimate of drug-likeness (QED) is 0.805. The summed E-state index contributed by atoms with van der Waals surface area (Å²) in [5.74, 6) is -0.149. The Balaban J connectivity index is 2.35. The van der Waals surface area contributed by atoms with Crippen LogP contribution in [0.2, 0.25) is 0 Å². The third kappa shape index (κ3) is 5.19. The number of carbonyl (C=O) groups is 2. The summed E-state index contributed by atoms with van der Waals surface area (Å²) in [5.41, 5.74) is 0. The summed E-state index contributed by atoms with van der Waals surface area (Å²) in [7, 11) is 5.38. The molecule has 1 unspecified atom stereocenters. The van der Waals surface area contributed by atoms with E-state index in [-0.39, 0.29) is 11.8 Å². The normalized spacial score (nSPS) is 18.2. The monoisotopic (exact) mass is 269 g/mol. The van der Waals surface area contributed by atoms with E-state index in [1.54, 1.807) is 21.0 Å². The van der Waals surface area contributed by atoms with Crippen molar-refractivity contribution in [3.63, 3.8) is 0 Å². The zero-order valence-electron chi connectivity index (χ0n) is 12.6. The number of nitrogens with one attached hydrogen (secondary N) is 1. The van der Waals surface area contributed by atoms with E-state index in [9.17, 15) is 9.59 Å². The minimum atomic E-state index is -0.456. The molecule has 1 saturated carbocycles. The first-order chi connectivity index (χ1) is 8.91. The van der Waals surface area contributed by atoms with Gasteiger partial charge in [0.15, 0.2) is 0 Å². The summed E-state index contributed by atoms with van der Waals surface area (Å²) >= 11 is 0. The van der Waals surface area contributed by atoms with E-state index >= 15 is 0 Å². The minimum Gasteiger partial charge on any atom is -0.347 e. The lowest BCUT2D eigenvalue weighted by Gasteiger charge is -2.31. The van der Waals surface area contributed by atoms with E-state index in [1.807, 2.05) is 7.05 Å². The highest BCUT2D eigenvalue weighted by Gasteiger charge is 2.22. The molecule has 5 heteroatoms. The standard InChI is InChI=1S/C14H27N3O2/c1-11(14(19)16(2)3)15-13(18)10-17(4)12-8-6-5-7-9-12/h11-12H,5-10H2,1-4H3,(H,15,18). The maximum atomic E-state index is 11.9. The van der Waals surface area contributed by atoms with Gasteiger partial charge in [0.05, 0.1) is 6.54 Å². The van der Waals surface area contributed by atoms with Crippen LogP contribution < -0.4 is 5.32 Å². The van der Waals surface area contributed by atoms with E-state index in [2.05, 4.69) is 10.2 Å². The van der Waals surface area contributed by atoms with Gasteiger partial charge in [0, 0.05) is 20.1 Å². The second-order valence-corrected chi connectivity index (χ2v) is 5.73. The van der Waals surface area contributed by atoms with E-state index in [4.69, 9.17) is 0 Å². The summed E-state index contributed by atoms with van der Waals surface area (Å²) in [6, 6.07) is 0.0570. The summed E-state index contributed by atoms with van der Waals surface area (Å²) in [5, 5.41) is 2.76. The van der Waals surface area contributed by atoms with Gasteiger partial charge in [0.2, 0.25) is 11.8 Å². The smallest absolute Gasteiger partial charge is 0.244 e. The van der Waals surface area contributed by atoms with Crippen molar-refractivity contribution in [2.45, 2.75) is 51.1 Å². The van der Waals surface area contributed by atoms with Crippen LogP contribution in [0.15, 0.2) is 0 Å². The van der Waals surface area contributed by atoms with Crippen LogP contribution >= 0.6 is 0 Å². The lowest BCUT2D eigenvalue weighted by atomic mass is 9.94. The van der Waals surface area contributed by atoms with Crippen molar-refractivity contribution in [2.24, 2.45) is 0 Å². The summed E-state index contributed by atoms with van der Waals surface area (Å²) in [4.78, 5) is 27.2. The van der Waals surface area contributed by atoms with Crippen molar-refractivity contribution in [2.75, 3.05) is 27.7 Å². The lowest BCUT2D eigenvalue weighted by molar-refractivity contribution is -0.134. The van der Waals surface area contributed by atoms with E-state index < -0.39 is 6.04 Å². The molecule has 1 fully saturated rings. The summed E-state index contributed by atoms with van der Waals surface area (Å²) in [6.07, 6.45) is 6.18. The molecule has 1 atom stereocenters. The van der Waals surface area contributed by atoms with E-state index in [0.29, 0.717) is 12.6 Å². The molecule has 5 nitrogen and oxygen atoms in total. The number of hydrogen-bond acceptors (Lipinski definition) is 3. The van der Waals surface area contributed by atoms with Crippen LogP contribution in [-0.4, -0.2) is 61.4 Å². The molecule has 1 aliphatic rings. The van der Waals surface area contributed by atoms with Crippen molar-refractivity contribution in [3.05, 3.63) is 0 Å². The molecule has 0 spiro atoms. The van der Waals surface area contributed by atoms with Crippen LogP contribution in [0.25, 0.3) is 0 Å². The zero-order chi connectivity index (χ0) is 14.4. The van der Waals surface area contributed by atoms with Crippen molar-refractivity contribution >= 4 is 11.8 Å².